The molecule has 0 radical (unpaired) electrons. The smallest absolute Gasteiger partial charge is 0.317 e. The molecule has 7 nitrogen and oxygen atoms in total. The maximum Gasteiger partial charge on any atom is 0.317 e. The number of benzene rings is 2. The van der Waals surface area contributed by atoms with Gasteiger partial charge in [-0.2, -0.15) is 0 Å². The Morgan fingerprint density at radius 2 is 1.83 bits per heavy atom. The zero-order valence-corrected chi connectivity index (χ0v) is 17.7. The third kappa shape index (κ3) is 4.84. The summed E-state index contributed by atoms with van der Waals surface area (Å²) in [6.07, 6.45) is 1.04. The molecule has 1 saturated heterocycles. The van der Waals surface area contributed by atoms with E-state index in [2.05, 4.69) is 5.32 Å². The van der Waals surface area contributed by atoms with Crippen LogP contribution in [0.1, 0.15) is 18.4 Å². The van der Waals surface area contributed by atoms with Gasteiger partial charge in [0, 0.05) is 19.6 Å². The second-order valence-corrected chi connectivity index (χ2v) is 9.29. The Labute approximate surface area is 175 Å². The van der Waals surface area contributed by atoms with Crippen LogP contribution in [0, 0.1) is 5.82 Å². The minimum Gasteiger partial charge on any atom is -0.493 e. The number of hydrogen-bond donors (Lipinski definition) is 1. The van der Waals surface area contributed by atoms with E-state index in [1.165, 1.54) is 24.1 Å². The third-order valence-corrected chi connectivity index (χ3v) is 7.33. The molecule has 2 aromatic rings. The van der Waals surface area contributed by atoms with Crippen molar-refractivity contribution in [1.29, 1.82) is 0 Å². The van der Waals surface area contributed by atoms with Crippen molar-refractivity contribution < 1.29 is 27.1 Å². The van der Waals surface area contributed by atoms with Crippen LogP contribution in [-0.4, -0.2) is 51.9 Å². The van der Waals surface area contributed by atoms with Crippen molar-refractivity contribution in [3.05, 3.63) is 53.8 Å². The number of nitrogens with one attached hydrogen (secondary N) is 1. The first-order chi connectivity index (χ1) is 14.3. The molecule has 30 heavy (non-hydrogen) atoms. The Morgan fingerprint density at radius 3 is 2.50 bits per heavy atom. The number of urea groups is 1. The van der Waals surface area contributed by atoms with Gasteiger partial charge in [0.1, 0.15) is 5.82 Å². The highest BCUT2D eigenvalue weighted by atomic mass is 32.2. The average molecular weight is 437 g/mol. The van der Waals surface area contributed by atoms with Crippen molar-refractivity contribution in [2.24, 2.45) is 0 Å². The summed E-state index contributed by atoms with van der Waals surface area (Å²) in [6.45, 7) is 0.843. The lowest BCUT2D eigenvalue weighted by molar-refractivity contribution is 0.186. The van der Waals surface area contributed by atoms with Gasteiger partial charge >= 0.3 is 6.03 Å². The number of hydrogen-bond acceptors (Lipinski definition) is 5. The highest BCUT2D eigenvalue weighted by Gasteiger charge is 2.33. The van der Waals surface area contributed by atoms with Crippen LogP contribution in [0.25, 0.3) is 0 Å². The molecule has 1 aliphatic rings. The van der Waals surface area contributed by atoms with Crippen LogP contribution >= 0.6 is 0 Å². The summed E-state index contributed by atoms with van der Waals surface area (Å²) < 4.78 is 49.3. The standard InChI is InChI=1S/C21H25FN2O5S/c1-28-19-10-5-15(12-20(19)29-2)13-23-21(25)24-11-3-4-18(14-24)30(26,27)17-8-6-16(22)7-9-17/h5-10,12,18H,3-4,11,13-14H2,1-2H3,(H,23,25). The van der Waals surface area contributed by atoms with Crippen LogP contribution in [0.4, 0.5) is 9.18 Å². The number of carbonyl (C=O) groups is 1. The molecule has 1 heterocycles. The molecule has 1 aliphatic heterocycles. The van der Waals surface area contributed by atoms with Gasteiger partial charge < -0.3 is 19.7 Å². The molecule has 162 valence electrons. The summed E-state index contributed by atoms with van der Waals surface area (Å²) in [4.78, 5) is 14.2. The molecule has 1 unspecified atom stereocenters. The monoisotopic (exact) mass is 436 g/mol. The molecule has 1 fully saturated rings. The Bertz CT molecular complexity index is 995. The normalized spacial score (nSPS) is 16.8. The van der Waals surface area contributed by atoms with E-state index in [0.29, 0.717) is 30.9 Å². The lowest BCUT2D eigenvalue weighted by atomic mass is 10.1. The summed E-state index contributed by atoms with van der Waals surface area (Å²) in [5, 5.41) is 2.10. The highest BCUT2D eigenvalue weighted by Crippen LogP contribution is 2.28. The Hall–Kier alpha value is -2.81. The van der Waals surface area contributed by atoms with Crippen LogP contribution in [0.15, 0.2) is 47.4 Å². The zero-order valence-electron chi connectivity index (χ0n) is 16.9. The topological polar surface area (TPSA) is 84.9 Å². The van der Waals surface area contributed by atoms with Gasteiger partial charge in [-0.25, -0.2) is 17.6 Å². The van der Waals surface area contributed by atoms with Crippen LogP contribution in [0.3, 0.4) is 0 Å². The summed E-state index contributed by atoms with van der Waals surface area (Å²) in [7, 11) is -0.563. The number of likely N-dealkylation sites (tertiary alicyclic amines) is 1. The molecule has 1 N–H and O–H groups in total. The lowest BCUT2D eigenvalue weighted by Gasteiger charge is -2.32. The summed E-state index contributed by atoms with van der Waals surface area (Å²) in [6, 6.07) is 9.81. The van der Waals surface area contributed by atoms with Crippen molar-refractivity contribution in [3.63, 3.8) is 0 Å². The number of piperidine rings is 1. The van der Waals surface area contributed by atoms with Gasteiger partial charge in [-0.05, 0) is 54.8 Å². The molecule has 0 aromatic heterocycles. The average Bonchev–Trinajstić information content (AvgIpc) is 2.77. The van der Waals surface area contributed by atoms with E-state index >= 15 is 0 Å². The molecule has 0 bridgehead atoms. The number of ether oxygens (including phenoxy) is 2. The van der Waals surface area contributed by atoms with Crippen LogP contribution in [0.2, 0.25) is 0 Å². The molecule has 0 saturated carbocycles. The molecular formula is C21H25FN2O5S. The van der Waals surface area contributed by atoms with Crippen molar-refractivity contribution in [2.45, 2.75) is 29.5 Å². The maximum absolute atomic E-state index is 13.1. The van der Waals surface area contributed by atoms with Gasteiger partial charge in [0.2, 0.25) is 0 Å². The van der Waals surface area contributed by atoms with Gasteiger partial charge in [0.15, 0.2) is 21.3 Å². The number of rotatable bonds is 6. The van der Waals surface area contributed by atoms with E-state index in [0.717, 1.165) is 17.7 Å². The van der Waals surface area contributed by atoms with Gasteiger partial charge in [0.05, 0.1) is 24.4 Å². The SMILES string of the molecule is COc1ccc(CNC(=O)N2CCCC(S(=O)(=O)c3ccc(F)cc3)C2)cc1OC. The van der Waals surface area contributed by atoms with E-state index < -0.39 is 20.9 Å². The van der Waals surface area contributed by atoms with Crippen molar-refractivity contribution in [2.75, 3.05) is 27.3 Å². The molecule has 1 atom stereocenters. The van der Waals surface area contributed by atoms with E-state index in [-0.39, 0.29) is 24.0 Å². The van der Waals surface area contributed by atoms with E-state index in [1.807, 2.05) is 6.07 Å². The van der Waals surface area contributed by atoms with Crippen LogP contribution in [0.5, 0.6) is 11.5 Å². The maximum atomic E-state index is 13.1. The minimum atomic E-state index is -3.65. The van der Waals surface area contributed by atoms with Gasteiger partial charge in [-0.3, -0.25) is 0 Å². The fourth-order valence-electron chi connectivity index (χ4n) is 3.47. The Balaban J connectivity index is 1.64. The summed E-state index contributed by atoms with van der Waals surface area (Å²) in [5.74, 6) is 0.666. The largest absolute Gasteiger partial charge is 0.493 e. The first-order valence-electron chi connectivity index (χ1n) is 9.58. The quantitative estimate of drug-likeness (QED) is 0.704. The second-order valence-electron chi connectivity index (χ2n) is 7.06. The molecule has 0 aliphatic carbocycles. The van der Waals surface area contributed by atoms with Crippen molar-refractivity contribution >= 4 is 15.9 Å². The zero-order chi connectivity index (χ0) is 21.7. The van der Waals surface area contributed by atoms with Crippen molar-refractivity contribution in [3.8, 4) is 11.5 Å². The van der Waals surface area contributed by atoms with Gasteiger partial charge in [0.25, 0.3) is 0 Å². The first kappa shape index (κ1) is 21.9. The minimum absolute atomic E-state index is 0.0708. The molecule has 0 spiro atoms. The van der Waals surface area contributed by atoms with E-state index in [1.54, 1.807) is 19.2 Å². The second kappa shape index (κ2) is 9.34. The Kier molecular flexibility index (Phi) is 6.81. The van der Waals surface area contributed by atoms with Crippen LogP contribution in [-0.2, 0) is 16.4 Å². The molecule has 2 aromatic carbocycles. The molecular weight excluding hydrogens is 411 g/mol. The fourth-order valence-corrected chi connectivity index (χ4v) is 5.23. The number of methoxy groups -OCH3 is 2. The predicted molar refractivity (Wildman–Crippen MR) is 110 cm³/mol. The number of sulfone groups is 1. The number of amides is 2. The van der Waals surface area contributed by atoms with Gasteiger partial charge in [-0.1, -0.05) is 6.07 Å². The Morgan fingerprint density at radius 1 is 1.13 bits per heavy atom. The molecule has 9 heteroatoms. The first-order valence-corrected chi connectivity index (χ1v) is 11.1. The summed E-state index contributed by atoms with van der Waals surface area (Å²) >= 11 is 0. The number of carbonyl (C=O) groups excluding carboxylic acids is 1. The van der Waals surface area contributed by atoms with Crippen LogP contribution < -0.4 is 14.8 Å². The lowest BCUT2D eigenvalue weighted by Crippen LogP contribution is -2.48. The highest BCUT2D eigenvalue weighted by molar-refractivity contribution is 7.92. The fraction of sp³-hybridized carbons (Fsp3) is 0.381. The predicted octanol–water partition coefficient (Wildman–Crippen LogP) is 2.99. The van der Waals surface area contributed by atoms with E-state index in [4.69, 9.17) is 9.47 Å². The third-order valence-electron chi connectivity index (χ3n) is 5.14. The van der Waals surface area contributed by atoms with E-state index in [9.17, 15) is 17.6 Å². The summed E-state index contributed by atoms with van der Waals surface area (Å²) in [5.41, 5.74) is 0.827. The number of nitrogens with zero attached hydrogens (tertiary/aromatic N) is 1. The van der Waals surface area contributed by atoms with Gasteiger partial charge in [-0.15, -0.1) is 0 Å². The van der Waals surface area contributed by atoms with Crippen molar-refractivity contribution in [1.82, 2.24) is 10.2 Å². The molecule has 3 rings (SSSR count). The number of halogens is 1. The molecule has 2 amide bonds.